The van der Waals surface area contributed by atoms with Crippen LogP contribution in [0, 0.1) is 0 Å². The Morgan fingerprint density at radius 2 is 2.00 bits per heavy atom. The van der Waals surface area contributed by atoms with Gasteiger partial charge in [0.05, 0.1) is 11.2 Å². The number of phenols is 1. The van der Waals surface area contributed by atoms with E-state index in [9.17, 15) is 18.3 Å². The monoisotopic (exact) mass is 288 g/mol. The van der Waals surface area contributed by atoms with Gasteiger partial charge in [0.1, 0.15) is 5.75 Å². The van der Waals surface area contributed by atoms with Gasteiger partial charge in [0.25, 0.3) is 0 Å². The molecule has 0 spiro atoms. The lowest BCUT2D eigenvalue weighted by Gasteiger charge is -2.38. The quantitative estimate of drug-likeness (QED) is 0.807. The molecule has 0 aromatic heterocycles. The summed E-state index contributed by atoms with van der Waals surface area (Å²) in [5, 5.41) is 9.80. The highest BCUT2D eigenvalue weighted by molar-refractivity contribution is 6.62. The van der Waals surface area contributed by atoms with Gasteiger partial charge in [-0.2, -0.15) is 13.2 Å². The van der Waals surface area contributed by atoms with Gasteiger partial charge in [0, 0.05) is 11.6 Å². The standard InChI is InChI=1S/C13H16BF3O3/c1-8-7-12(2,3)20-14(19-8)10-5-4-9(6-11(10)18)13(15,16)17/h4-6,8,18H,7H2,1-3H3. The summed E-state index contributed by atoms with van der Waals surface area (Å²) in [5.41, 5.74) is -1.16. The number of hydrogen-bond donors (Lipinski definition) is 1. The van der Waals surface area contributed by atoms with Gasteiger partial charge in [-0.15, -0.1) is 0 Å². The van der Waals surface area contributed by atoms with Crippen molar-refractivity contribution in [3.05, 3.63) is 23.8 Å². The Morgan fingerprint density at radius 1 is 1.35 bits per heavy atom. The average Bonchev–Trinajstić information content (AvgIpc) is 2.24. The van der Waals surface area contributed by atoms with Gasteiger partial charge in [-0.25, -0.2) is 0 Å². The van der Waals surface area contributed by atoms with E-state index in [4.69, 9.17) is 9.31 Å². The fraction of sp³-hybridized carbons (Fsp3) is 0.538. The van der Waals surface area contributed by atoms with Crippen LogP contribution in [0.3, 0.4) is 0 Å². The summed E-state index contributed by atoms with van der Waals surface area (Å²) < 4.78 is 48.9. The minimum Gasteiger partial charge on any atom is -0.508 e. The second kappa shape index (κ2) is 4.97. The molecule has 1 unspecified atom stereocenters. The molecule has 0 bridgehead atoms. The van der Waals surface area contributed by atoms with E-state index in [1.54, 1.807) is 0 Å². The van der Waals surface area contributed by atoms with E-state index in [1.165, 1.54) is 6.07 Å². The largest absolute Gasteiger partial charge is 0.508 e. The normalized spacial score (nSPS) is 22.9. The molecule has 1 aliphatic rings. The van der Waals surface area contributed by atoms with Crippen LogP contribution in [0.1, 0.15) is 32.8 Å². The first-order valence-corrected chi connectivity index (χ1v) is 6.32. The molecule has 2 rings (SSSR count). The van der Waals surface area contributed by atoms with E-state index in [0.717, 1.165) is 6.07 Å². The molecule has 7 heteroatoms. The van der Waals surface area contributed by atoms with Crippen LogP contribution in [-0.4, -0.2) is 23.9 Å². The van der Waals surface area contributed by atoms with E-state index in [0.29, 0.717) is 12.5 Å². The Morgan fingerprint density at radius 3 is 2.50 bits per heavy atom. The predicted molar refractivity (Wildman–Crippen MR) is 68.8 cm³/mol. The summed E-state index contributed by atoms with van der Waals surface area (Å²) in [5.74, 6) is -0.477. The van der Waals surface area contributed by atoms with Crippen LogP contribution in [0.25, 0.3) is 0 Å². The average molecular weight is 288 g/mol. The SMILES string of the molecule is CC1CC(C)(C)OB(c2ccc(C(F)(F)F)cc2O)O1. The van der Waals surface area contributed by atoms with Crippen LogP contribution in [0.15, 0.2) is 18.2 Å². The van der Waals surface area contributed by atoms with Crippen LogP contribution in [0.4, 0.5) is 13.2 Å². The van der Waals surface area contributed by atoms with Crippen molar-refractivity contribution in [2.24, 2.45) is 0 Å². The maximum absolute atomic E-state index is 12.6. The van der Waals surface area contributed by atoms with E-state index in [1.807, 2.05) is 20.8 Å². The molecule has 1 N–H and O–H groups in total. The number of aromatic hydroxyl groups is 1. The minimum atomic E-state index is -4.49. The van der Waals surface area contributed by atoms with Gasteiger partial charge >= 0.3 is 13.3 Å². The third-order valence-electron chi connectivity index (χ3n) is 3.17. The Balaban J connectivity index is 2.29. The maximum Gasteiger partial charge on any atom is 0.498 e. The molecule has 1 fully saturated rings. The first kappa shape index (κ1) is 15.2. The fourth-order valence-corrected chi connectivity index (χ4v) is 2.37. The molecule has 110 valence electrons. The Labute approximate surface area is 115 Å². The Kier molecular flexibility index (Phi) is 3.77. The van der Waals surface area contributed by atoms with Crippen LogP contribution in [0.5, 0.6) is 5.75 Å². The number of rotatable bonds is 1. The van der Waals surface area contributed by atoms with Crippen LogP contribution in [0.2, 0.25) is 0 Å². The second-order valence-electron chi connectivity index (χ2n) is 5.63. The molecule has 1 heterocycles. The zero-order valence-corrected chi connectivity index (χ0v) is 11.5. The minimum absolute atomic E-state index is 0.106. The molecular formula is C13H16BF3O3. The van der Waals surface area contributed by atoms with E-state index in [-0.39, 0.29) is 11.6 Å². The van der Waals surface area contributed by atoms with Crippen molar-refractivity contribution in [3.8, 4) is 5.75 Å². The molecule has 3 nitrogen and oxygen atoms in total. The molecule has 1 atom stereocenters. The van der Waals surface area contributed by atoms with Crippen LogP contribution < -0.4 is 5.46 Å². The van der Waals surface area contributed by atoms with E-state index >= 15 is 0 Å². The third kappa shape index (κ3) is 3.27. The lowest BCUT2D eigenvalue weighted by atomic mass is 9.74. The topological polar surface area (TPSA) is 38.7 Å². The van der Waals surface area contributed by atoms with Gasteiger partial charge in [-0.1, -0.05) is 12.1 Å². The molecular weight excluding hydrogens is 272 g/mol. The maximum atomic E-state index is 12.6. The first-order valence-electron chi connectivity index (χ1n) is 6.32. The van der Waals surface area contributed by atoms with Gasteiger partial charge in [0.15, 0.2) is 0 Å². The summed E-state index contributed by atoms with van der Waals surface area (Å²) in [4.78, 5) is 0. The zero-order chi connectivity index (χ0) is 15.1. The van der Waals surface area contributed by atoms with Crippen molar-refractivity contribution in [2.75, 3.05) is 0 Å². The van der Waals surface area contributed by atoms with Crippen molar-refractivity contribution >= 4 is 12.6 Å². The molecule has 1 aromatic carbocycles. The van der Waals surface area contributed by atoms with Crippen LogP contribution >= 0.6 is 0 Å². The second-order valence-corrected chi connectivity index (χ2v) is 5.63. The van der Waals surface area contributed by atoms with Crippen LogP contribution in [-0.2, 0) is 15.5 Å². The smallest absolute Gasteiger partial charge is 0.498 e. The molecule has 0 radical (unpaired) electrons. The Bertz CT molecular complexity index is 502. The van der Waals surface area contributed by atoms with Crippen molar-refractivity contribution in [2.45, 2.75) is 45.1 Å². The van der Waals surface area contributed by atoms with Gasteiger partial charge in [-0.3, -0.25) is 0 Å². The lowest BCUT2D eigenvalue weighted by molar-refractivity contribution is -0.137. The highest BCUT2D eigenvalue weighted by Gasteiger charge is 2.40. The number of benzene rings is 1. The zero-order valence-electron chi connectivity index (χ0n) is 11.5. The highest BCUT2D eigenvalue weighted by atomic mass is 19.4. The molecule has 0 amide bonds. The summed E-state index contributed by atoms with van der Waals surface area (Å²) in [6.45, 7) is 5.61. The number of alkyl halides is 3. The molecule has 0 aliphatic carbocycles. The van der Waals surface area contributed by atoms with Gasteiger partial charge < -0.3 is 14.4 Å². The van der Waals surface area contributed by atoms with Gasteiger partial charge in [0.2, 0.25) is 0 Å². The molecule has 0 saturated carbocycles. The van der Waals surface area contributed by atoms with Crippen molar-refractivity contribution in [3.63, 3.8) is 0 Å². The summed E-state index contributed by atoms with van der Waals surface area (Å²) in [6, 6.07) is 2.79. The predicted octanol–water partition coefficient (Wildman–Crippen LogP) is 2.71. The van der Waals surface area contributed by atoms with E-state index in [2.05, 4.69) is 0 Å². The number of hydrogen-bond acceptors (Lipinski definition) is 3. The molecule has 1 aromatic rings. The summed E-state index contributed by atoms with van der Waals surface area (Å²) >= 11 is 0. The van der Waals surface area contributed by atoms with Gasteiger partial charge in [-0.05, 0) is 33.3 Å². The third-order valence-corrected chi connectivity index (χ3v) is 3.17. The summed E-state index contributed by atoms with van der Waals surface area (Å²) in [6.07, 6.45) is -3.92. The number of phenolic OH excluding ortho intramolecular Hbond substituents is 1. The lowest BCUT2D eigenvalue weighted by Crippen LogP contribution is -2.51. The van der Waals surface area contributed by atoms with Crippen molar-refractivity contribution in [1.29, 1.82) is 0 Å². The first-order chi connectivity index (χ1) is 9.08. The molecule has 20 heavy (non-hydrogen) atoms. The number of halogens is 3. The summed E-state index contributed by atoms with van der Waals surface area (Å²) in [7, 11) is -0.865. The van der Waals surface area contributed by atoms with Crippen molar-refractivity contribution in [1.82, 2.24) is 0 Å². The molecule has 1 aliphatic heterocycles. The van der Waals surface area contributed by atoms with Crippen molar-refractivity contribution < 1.29 is 27.6 Å². The molecule has 1 saturated heterocycles. The highest BCUT2D eigenvalue weighted by Crippen LogP contribution is 2.32. The van der Waals surface area contributed by atoms with E-state index < -0.39 is 30.2 Å². The fourth-order valence-electron chi connectivity index (χ4n) is 2.37. The Hall–Kier alpha value is -1.21.